The fourth-order valence-corrected chi connectivity index (χ4v) is 5.12. The maximum atomic E-state index is 13.7. The standard InChI is InChI=1S/C31H37NO7/c1-8-38-26(33)11-9-10-19-12-14-23-24(16-19)32(30(34)39-31(2,3)4)29(37-7)28-25(36-6)18-20-17-21(35-5)13-15-22(20)27(23)28/h9,11-15,17-19,29H,8,10,16H2,1-7H3/t19?,29-/m1/s1. The summed E-state index contributed by atoms with van der Waals surface area (Å²) in [5.41, 5.74) is 2.71. The lowest BCUT2D eigenvalue weighted by molar-refractivity contribution is -0.137. The number of methoxy groups -OCH3 is 3. The largest absolute Gasteiger partial charge is 0.497 e. The molecule has 1 amide bonds. The molecule has 1 heterocycles. The molecule has 0 spiro atoms. The Bertz CT molecular complexity index is 1350. The number of benzene rings is 2. The molecule has 0 saturated heterocycles. The van der Waals surface area contributed by atoms with Crippen LogP contribution in [0.5, 0.6) is 11.5 Å². The molecule has 39 heavy (non-hydrogen) atoms. The van der Waals surface area contributed by atoms with Gasteiger partial charge >= 0.3 is 12.1 Å². The number of ether oxygens (including phenoxy) is 5. The first-order chi connectivity index (χ1) is 18.6. The quantitative estimate of drug-likeness (QED) is 0.294. The van der Waals surface area contributed by atoms with Crippen molar-refractivity contribution in [2.45, 2.75) is 52.4 Å². The number of hydrogen-bond acceptors (Lipinski definition) is 7. The van der Waals surface area contributed by atoms with Crippen LogP contribution in [0, 0.1) is 5.92 Å². The Hall–Kier alpha value is -3.78. The van der Waals surface area contributed by atoms with Crippen molar-refractivity contribution in [1.29, 1.82) is 0 Å². The molecule has 0 bridgehead atoms. The summed E-state index contributed by atoms with van der Waals surface area (Å²) in [5, 5.41) is 1.94. The summed E-state index contributed by atoms with van der Waals surface area (Å²) in [7, 11) is 4.82. The summed E-state index contributed by atoms with van der Waals surface area (Å²) in [6.07, 6.45) is 7.32. The van der Waals surface area contributed by atoms with Crippen LogP contribution in [-0.2, 0) is 19.0 Å². The van der Waals surface area contributed by atoms with E-state index < -0.39 is 17.9 Å². The maximum absolute atomic E-state index is 13.7. The second kappa shape index (κ2) is 11.5. The highest BCUT2D eigenvalue weighted by molar-refractivity contribution is 6.02. The van der Waals surface area contributed by atoms with Crippen LogP contribution in [0.2, 0.25) is 0 Å². The number of esters is 1. The molecule has 0 fully saturated rings. The van der Waals surface area contributed by atoms with Crippen LogP contribution in [-0.4, -0.2) is 50.5 Å². The van der Waals surface area contributed by atoms with E-state index in [1.807, 2.05) is 57.2 Å². The topological polar surface area (TPSA) is 83.5 Å². The molecule has 2 atom stereocenters. The van der Waals surface area contributed by atoms with Crippen molar-refractivity contribution < 1.29 is 33.3 Å². The third kappa shape index (κ3) is 5.81. The minimum Gasteiger partial charge on any atom is -0.497 e. The molecule has 2 aromatic rings. The van der Waals surface area contributed by atoms with Crippen molar-refractivity contribution in [2.24, 2.45) is 5.92 Å². The number of allylic oxidation sites excluding steroid dienone is 5. The zero-order valence-corrected chi connectivity index (χ0v) is 23.7. The minimum absolute atomic E-state index is 0.0513. The van der Waals surface area contributed by atoms with Gasteiger partial charge in [0.1, 0.15) is 17.1 Å². The molecule has 2 aliphatic rings. The van der Waals surface area contributed by atoms with Gasteiger partial charge in [0, 0.05) is 30.0 Å². The van der Waals surface area contributed by atoms with Crippen LogP contribution in [0.25, 0.3) is 16.3 Å². The average molecular weight is 536 g/mol. The van der Waals surface area contributed by atoms with Gasteiger partial charge in [-0.1, -0.05) is 24.3 Å². The molecule has 0 aromatic heterocycles. The predicted octanol–water partition coefficient (Wildman–Crippen LogP) is 6.55. The zero-order chi connectivity index (χ0) is 28.3. The summed E-state index contributed by atoms with van der Waals surface area (Å²) in [4.78, 5) is 27.1. The van der Waals surface area contributed by atoms with E-state index in [0.29, 0.717) is 25.2 Å². The lowest BCUT2D eigenvalue weighted by atomic mass is 9.81. The minimum atomic E-state index is -0.766. The Labute approximate surface area is 229 Å². The number of fused-ring (bicyclic) bond motifs is 4. The third-order valence-electron chi connectivity index (χ3n) is 6.71. The maximum Gasteiger partial charge on any atom is 0.417 e. The van der Waals surface area contributed by atoms with E-state index in [4.69, 9.17) is 23.7 Å². The molecule has 208 valence electrons. The molecule has 0 N–H and O–H groups in total. The van der Waals surface area contributed by atoms with E-state index in [1.165, 1.54) is 6.08 Å². The molecule has 0 saturated carbocycles. The van der Waals surface area contributed by atoms with E-state index in [-0.39, 0.29) is 11.9 Å². The predicted molar refractivity (Wildman–Crippen MR) is 149 cm³/mol. The van der Waals surface area contributed by atoms with E-state index in [9.17, 15) is 9.59 Å². The molecule has 2 aromatic carbocycles. The second-order valence-corrected chi connectivity index (χ2v) is 10.5. The van der Waals surface area contributed by atoms with Crippen LogP contribution >= 0.6 is 0 Å². The van der Waals surface area contributed by atoms with Gasteiger partial charge in [0.15, 0.2) is 6.23 Å². The lowest BCUT2D eigenvalue weighted by Crippen LogP contribution is -2.42. The molecule has 4 rings (SSSR count). The first-order valence-corrected chi connectivity index (χ1v) is 13.1. The van der Waals surface area contributed by atoms with Gasteiger partial charge in [0.2, 0.25) is 0 Å². The molecule has 8 nitrogen and oxygen atoms in total. The summed E-state index contributed by atoms with van der Waals surface area (Å²) < 4.78 is 28.2. The average Bonchev–Trinajstić information content (AvgIpc) is 2.90. The highest BCUT2D eigenvalue weighted by atomic mass is 16.6. The molecule has 8 heteroatoms. The van der Waals surface area contributed by atoms with Gasteiger partial charge in [-0.15, -0.1) is 0 Å². The fourth-order valence-electron chi connectivity index (χ4n) is 5.12. The van der Waals surface area contributed by atoms with Crippen molar-refractivity contribution in [3.63, 3.8) is 0 Å². The normalized spacial score (nSPS) is 18.7. The van der Waals surface area contributed by atoms with Gasteiger partial charge in [0.25, 0.3) is 0 Å². The van der Waals surface area contributed by atoms with E-state index in [0.717, 1.165) is 38.9 Å². The summed E-state index contributed by atoms with van der Waals surface area (Å²) in [6.45, 7) is 7.62. The van der Waals surface area contributed by atoms with Crippen LogP contribution in [0.15, 0.2) is 54.3 Å². The van der Waals surface area contributed by atoms with Gasteiger partial charge in [-0.25, -0.2) is 14.5 Å². The van der Waals surface area contributed by atoms with Gasteiger partial charge in [-0.05, 0) is 75.4 Å². The van der Waals surface area contributed by atoms with Crippen molar-refractivity contribution in [2.75, 3.05) is 27.9 Å². The van der Waals surface area contributed by atoms with Crippen molar-refractivity contribution in [3.8, 4) is 11.5 Å². The van der Waals surface area contributed by atoms with E-state index in [1.54, 1.807) is 33.2 Å². The fraction of sp³-hybridized carbons (Fsp3) is 0.419. The van der Waals surface area contributed by atoms with Crippen molar-refractivity contribution >= 4 is 28.4 Å². The van der Waals surface area contributed by atoms with Crippen LogP contribution in [0.4, 0.5) is 4.79 Å². The monoisotopic (exact) mass is 535 g/mol. The summed E-state index contributed by atoms with van der Waals surface area (Å²) in [5.74, 6) is 1.02. The highest BCUT2D eigenvalue weighted by Crippen LogP contribution is 2.51. The van der Waals surface area contributed by atoms with Gasteiger partial charge in [0.05, 0.1) is 26.4 Å². The second-order valence-electron chi connectivity index (χ2n) is 10.5. The Kier molecular flexibility index (Phi) is 8.35. The first kappa shape index (κ1) is 28.2. The number of rotatable bonds is 7. The third-order valence-corrected chi connectivity index (χ3v) is 6.71. The number of hydrogen-bond donors (Lipinski definition) is 0. The van der Waals surface area contributed by atoms with E-state index >= 15 is 0 Å². The number of carbonyl (C=O) groups excluding carboxylic acids is 2. The van der Waals surface area contributed by atoms with Crippen LogP contribution in [0.1, 0.15) is 57.9 Å². The van der Waals surface area contributed by atoms with Crippen LogP contribution in [0.3, 0.4) is 0 Å². The lowest BCUT2D eigenvalue weighted by Gasteiger charge is -2.42. The molecule has 1 unspecified atom stereocenters. The Balaban J connectivity index is 1.88. The van der Waals surface area contributed by atoms with Gasteiger partial charge in [-0.3, -0.25) is 0 Å². The first-order valence-electron chi connectivity index (χ1n) is 13.1. The highest BCUT2D eigenvalue weighted by Gasteiger charge is 2.42. The Morgan fingerprint density at radius 1 is 1.10 bits per heavy atom. The summed E-state index contributed by atoms with van der Waals surface area (Å²) >= 11 is 0. The van der Waals surface area contributed by atoms with Crippen molar-refractivity contribution in [3.05, 3.63) is 65.4 Å². The number of amides is 1. The summed E-state index contributed by atoms with van der Waals surface area (Å²) in [6, 6.07) is 7.86. The van der Waals surface area contributed by atoms with E-state index in [2.05, 4.69) is 6.08 Å². The number of nitrogens with zero attached hydrogens (tertiary/aromatic N) is 1. The van der Waals surface area contributed by atoms with Crippen molar-refractivity contribution in [1.82, 2.24) is 4.90 Å². The van der Waals surface area contributed by atoms with Crippen LogP contribution < -0.4 is 9.47 Å². The molecule has 1 aliphatic carbocycles. The molecule has 1 aliphatic heterocycles. The molecular formula is C31H37NO7. The Morgan fingerprint density at radius 2 is 1.87 bits per heavy atom. The Morgan fingerprint density at radius 3 is 2.51 bits per heavy atom. The zero-order valence-electron chi connectivity index (χ0n) is 23.7. The number of carbonyl (C=O) groups is 2. The SMILES string of the molecule is CCOC(=O)C=CCC1C=CC2=C(C1)N(C(=O)OC(C)(C)C)[C@H](OC)c1c(OC)cc3cc(OC)ccc3c12. The van der Waals surface area contributed by atoms with Gasteiger partial charge in [-0.2, -0.15) is 0 Å². The van der Waals surface area contributed by atoms with Gasteiger partial charge < -0.3 is 23.7 Å². The smallest absolute Gasteiger partial charge is 0.417 e. The molecular weight excluding hydrogens is 498 g/mol. The molecule has 0 radical (unpaired) electrons.